The number of allylic oxidation sites excluding steroid dienone is 20. The second-order valence-corrected chi connectivity index (χ2v) is 28.7. The van der Waals surface area contributed by atoms with E-state index in [2.05, 4.69) is 135 Å². The number of carbonyl (C=O) groups excluding carboxylic acids is 2. The van der Waals surface area contributed by atoms with Crippen LogP contribution in [0.4, 0.5) is 0 Å². The normalized spacial score (nSPS) is 13.7. The van der Waals surface area contributed by atoms with Crippen LogP contribution in [0.25, 0.3) is 0 Å². The first-order chi connectivity index (χ1) is 46.0. The fraction of sp³-hybridized carbons (Fsp3) is 0.738. The minimum Gasteiger partial charge on any atom is -0.756 e. The molecule has 0 rings (SSSR count). The molecule has 0 radical (unpaired) electrons. The average molecular weight is 1330 g/mol. The van der Waals surface area contributed by atoms with Gasteiger partial charge in [-0.25, -0.2) is 0 Å². The zero-order valence-electron chi connectivity index (χ0n) is 61.9. The van der Waals surface area contributed by atoms with Crippen LogP contribution < -0.4 is 4.89 Å². The highest BCUT2D eigenvalue weighted by atomic mass is 31.2. The summed E-state index contributed by atoms with van der Waals surface area (Å²) in [7, 11) is 1.17. The summed E-state index contributed by atoms with van der Waals surface area (Å²) in [6.45, 7) is 4.06. The lowest BCUT2D eigenvalue weighted by Crippen LogP contribution is -2.37. The van der Waals surface area contributed by atoms with E-state index >= 15 is 0 Å². The molecule has 0 saturated carbocycles. The van der Waals surface area contributed by atoms with Gasteiger partial charge in [-0.3, -0.25) is 14.2 Å². The van der Waals surface area contributed by atoms with Crippen LogP contribution in [0.3, 0.4) is 0 Å². The average Bonchev–Trinajstić information content (AvgIpc) is 1.56. The molecule has 10 heteroatoms. The van der Waals surface area contributed by atoms with E-state index in [1.54, 1.807) is 0 Å². The predicted molar refractivity (Wildman–Crippen MR) is 406 cm³/mol. The number of phosphoric acid groups is 1. The van der Waals surface area contributed by atoms with Crippen molar-refractivity contribution in [2.24, 2.45) is 0 Å². The van der Waals surface area contributed by atoms with Gasteiger partial charge in [-0.05, 0) is 103 Å². The molecule has 9 nitrogen and oxygen atoms in total. The molecule has 0 bridgehead atoms. The lowest BCUT2D eigenvalue weighted by atomic mass is 10.0. The molecule has 0 aromatic rings. The SMILES string of the molecule is CC/C=C\C/C=C\C/C=C\C/C=C\C/C=C\C/C=C\CCCCCCCCCCCCCCCCCCCCC(=O)OC(COC(=O)CCCCCCCCCCCCCCCCCCCCCC/C=C\C/C=C\C/C=C\C/C=C\CC)COP(=O)([O-])OCC[N+](C)(C)C. The summed E-state index contributed by atoms with van der Waals surface area (Å²) < 4.78 is 34.4. The summed E-state index contributed by atoms with van der Waals surface area (Å²) in [4.78, 5) is 38.2. The van der Waals surface area contributed by atoms with Crippen molar-refractivity contribution in [2.45, 2.75) is 354 Å². The lowest BCUT2D eigenvalue weighted by molar-refractivity contribution is -0.870. The van der Waals surface area contributed by atoms with Crippen LogP contribution in [-0.2, 0) is 32.7 Å². The van der Waals surface area contributed by atoms with E-state index in [4.69, 9.17) is 18.5 Å². The van der Waals surface area contributed by atoms with Gasteiger partial charge in [0.1, 0.15) is 19.8 Å². The van der Waals surface area contributed by atoms with Crippen molar-refractivity contribution in [2.75, 3.05) is 47.5 Å². The zero-order valence-corrected chi connectivity index (χ0v) is 62.8. The van der Waals surface area contributed by atoms with Crippen LogP contribution >= 0.6 is 7.82 Å². The van der Waals surface area contributed by atoms with Gasteiger partial charge in [0.2, 0.25) is 0 Å². The molecular weight excluding hydrogens is 1180 g/mol. The van der Waals surface area contributed by atoms with Gasteiger partial charge in [0.25, 0.3) is 7.82 Å². The lowest BCUT2D eigenvalue weighted by Gasteiger charge is -2.28. The van der Waals surface area contributed by atoms with Gasteiger partial charge in [0.05, 0.1) is 27.7 Å². The summed E-state index contributed by atoms with van der Waals surface area (Å²) in [6, 6.07) is 0. The largest absolute Gasteiger partial charge is 0.756 e. The fourth-order valence-corrected chi connectivity index (χ4v) is 11.8. The quantitative estimate of drug-likeness (QED) is 0.0195. The van der Waals surface area contributed by atoms with Crippen molar-refractivity contribution in [3.8, 4) is 0 Å². The Morgan fingerprint density at radius 3 is 0.851 bits per heavy atom. The standard InChI is InChI=1S/C84H148NO8P/c1-6-8-10-12-14-16-18-20-22-24-26-28-30-32-34-36-38-40-41-42-43-45-47-49-51-53-55-57-59-61-63-65-67-69-71-73-75-77-84(87)93-82(81-92-94(88,89)91-79-78-85(3,4)5)80-90-83(86)76-74-72-70-68-66-64-62-60-58-56-54-52-50-48-46-44-39-37-35-33-31-29-27-25-23-21-19-17-15-13-11-9-7-2/h8-11,14-17,20-23,26-29,32,34,38,40,82H,6-7,12-13,18-19,24-25,30-31,33,35-37,39,41-81H2,1-5H3/b10-8-,11-9-,16-14-,17-15-,22-20-,23-21-,28-26-,29-27-,34-32-,40-38-. The summed E-state index contributed by atoms with van der Waals surface area (Å²) >= 11 is 0. The molecule has 542 valence electrons. The third-order valence-corrected chi connectivity index (χ3v) is 17.9. The van der Waals surface area contributed by atoms with Gasteiger partial charge < -0.3 is 27.9 Å². The molecule has 0 saturated heterocycles. The highest BCUT2D eigenvalue weighted by molar-refractivity contribution is 7.45. The van der Waals surface area contributed by atoms with Gasteiger partial charge in [0, 0.05) is 12.8 Å². The molecule has 0 heterocycles. The Morgan fingerprint density at radius 2 is 0.574 bits per heavy atom. The van der Waals surface area contributed by atoms with Crippen LogP contribution in [0, 0.1) is 0 Å². The van der Waals surface area contributed by atoms with Crippen LogP contribution in [0.1, 0.15) is 348 Å². The molecule has 0 aromatic carbocycles. The zero-order chi connectivity index (χ0) is 68.3. The Labute approximate surface area is 581 Å². The molecule has 0 aliphatic rings. The van der Waals surface area contributed by atoms with Crippen molar-refractivity contribution in [3.05, 3.63) is 122 Å². The first-order valence-corrected chi connectivity index (χ1v) is 40.7. The number of likely N-dealkylation sites (N-methyl/N-ethyl adjacent to an activating group) is 1. The van der Waals surface area contributed by atoms with E-state index in [0.29, 0.717) is 17.4 Å². The molecule has 0 aromatic heterocycles. The number of phosphoric ester groups is 1. The van der Waals surface area contributed by atoms with Crippen molar-refractivity contribution in [3.63, 3.8) is 0 Å². The van der Waals surface area contributed by atoms with Crippen LogP contribution in [0.2, 0.25) is 0 Å². The van der Waals surface area contributed by atoms with E-state index in [0.717, 1.165) is 103 Å². The number of ether oxygens (including phenoxy) is 2. The number of hydrogen-bond donors (Lipinski definition) is 0. The van der Waals surface area contributed by atoms with Crippen LogP contribution in [0.15, 0.2) is 122 Å². The van der Waals surface area contributed by atoms with Crippen molar-refractivity contribution in [1.82, 2.24) is 0 Å². The predicted octanol–water partition coefficient (Wildman–Crippen LogP) is 25.5. The van der Waals surface area contributed by atoms with E-state index in [9.17, 15) is 19.0 Å². The number of unbranched alkanes of at least 4 members (excludes halogenated alkanes) is 38. The third-order valence-electron chi connectivity index (χ3n) is 17.0. The topological polar surface area (TPSA) is 111 Å². The minimum atomic E-state index is -4.65. The molecule has 2 unspecified atom stereocenters. The molecule has 2 atom stereocenters. The minimum absolute atomic E-state index is 0.0322. The van der Waals surface area contributed by atoms with Crippen LogP contribution in [-0.4, -0.2) is 70.0 Å². The molecule has 94 heavy (non-hydrogen) atoms. The van der Waals surface area contributed by atoms with E-state index in [1.807, 2.05) is 21.1 Å². The number of hydrogen-bond acceptors (Lipinski definition) is 8. The van der Waals surface area contributed by atoms with Crippen molar-refractivity contribution < 1.29 is 42.1 Å². The monoisotopic (exact) mass is 1330 g/mol. The van der Waals surface area contributed by atoms with Gasteiger partial charge in [-0.15, -0.1) is 0 Å². The maximum Gasteiger partial charge on any atom is 0.306 e. The molecular formula is C84H148NO8P. The summed E-state index contributed by atoms with van der Waals surface area (Å²) in [5.74, 6) is -0.820. The Kier molecular flexibility index (Phi) is 70.8. The van der Waals surface area contributed by atoms with Crippen LogP contribution in [0.5, 0.6) is 0 Å². The van der Waals surface area contributed by atoms with E-state index in [1.165, 1.54) is 212 Å². The summed E-state index contributed by atoms with van der Waals surface area (Å²) in [5, 5.41) is 0. The van der Waals surface area contributed by atoms with E-state index in [-0.39, 0.29) is 32.0 Å². The molecule has 0 fully saturated rings. The first-order valence-electron chi connectivity index (χ1n) is 39.2. The van der Waals surface area contributed by atoms with Crippen molar-refractivity contribution in [1.29, 1.82) is 0 Å². The second kappa shape index (κ2) is 73.7. The molecule has 0 spiro atoms. The molecule has 0 aliphatic heterocycles. The smallest absolute Gasteiger partial charge is 0.306 e. The maximum absolute atomic E-state index is 12.9. The summed E-state index contributed by atoms with van der Waals surface area (Å²) in [6.07, 6.45) is 106. The molecule has 0 amide bonds. The number of nitrogens with zero attached hydrogens (tertiary/aromatic N) is 1. The Hall–Kier alpha value is -3.59. The highest BCUT2D eigenvalue weighted by Crippen LogP contribution is 2.38. The molecule has 0 aliphatic carbocycles. The van der Waals surface area contributed by atoms with Crippen molar-refractivity contribution >= 4 is 19.8 Å². The highest BCUT2D eigenvalue weighted by Gasteiger charge is 2.22. The number of quaternary nitrogens is 1. The van der Waals surface area contributed by atoms with Gasteiger partial charge in [-0.1, -0.05) is 354 Å². The first kappa shape index (κ1) is 90.4. The summed E-state index contributed by atoms with van der Waals surface area (Å²) in [5.41, 5.74) is 0. The second-order valence-electron chi connectivity index (χ2n) is 27.3. The van der Waals surface area contributed by atoms with Gasteiger partial charge in [0.15, 0.2) is 6.10 Å². The Bertz CT molecular complexity index is 2010. The van der Waals surface area contributed by atoms with Gasteiger partial charge >= 0.3 is 11.9 Å². The number of rotatable bonds is 72. The fourth-order valence-electron chi connectivity index (χ4n) is 11.1. The number of carbonyl (C=O) groups is 2. The Morgan fingerprint density at radius 1 is 0.330 bits per heavy atom. The third kappa shape index (κ3) is 77.4. The number of esters is 2. The van der Waals surface area contributed by atoms with E-state index < -0.39 is 26.5 Å². The molecule has 0 N–H and O–H groups in total. The maximum atomic E-state index is 12.9. The Balaban J connectivity index is 3.96. The van der Waals surface area contributed by atoms with Gasteiger partial charge in [-0.2, -0.15) is 0 Å².